The third-order valence-corrected chi connectivity index (χ3v) is 1.43. The highest BCUT2D eigenvalue weighted by Crippen LogP contribution is 2.07. The second-order valence-corrected chi connectivity index (χ2v) is 2.63. The van der Waals surface area contributed by atoms with E-state index in [4.69, 9.17) is 4.74 Å². The molecule has 4 nitrogen and oxygen atoms in total. The lowest BCUT2D eigenvalue weighted by atomic mass is 10.2. The molecule has 0 radical (unpaired) electrons. The fourth-order valence-corrected chi connectivity index (χ4v) is 0.828. The Balaban J connectivity index is 4.10. The second kappa shape index (κ2) is 8.56. The van der Waals surface area contributed by atoms with Crippen molar-refractivity contribution in [3.8, 4) is 0 Å². The van der Waals surface area contributed by atoms with E-state index in [0.717, 1.165) is 6.42 Å². The topological polar surface area (TPSA) is 44.8 Å². The van der Waals surface area contributed by atoms with E-state index in [1.165, 1.54) is 6.26 Å². The highest BCUT2D eigenvalue weighted by molar-refractivity contribution is 5.87. The molecule has 0 aromatic carbocycles. The van der Waals surface area contributed by atoms with Gasteiger partial charge in [-0.25, -0.2) is 4.79 Å². The van der Waals surface area contributed by atoms with Crippen molar-refractivity contribution >= 4 is 5.97 Å². The summed E-state index contributed by atoms with van der Waals surface area (Å²) < 4.78 is 5.03. The Morgan fingerprint density at radius 1 is 1.21 bits per heavy atom. The molecule has 0 aromatic rings. The first kappa shape index (κ1) is 13.0. The molecule has 4 heteroatoms. The Labute approximate surface area is 84.8 Å². The highest BCUT2D eigenvalue weighted by Gasteiger charge is 2.11. The summed E-state index contributed by atoms with van der Waals surface area (Å²) in [5.74, 6) is -0.470. The predicted octanol–water partition coefficient (Wildman–Crippen LogP) is 2.20. The molecule has 0 unspecified atom stereocenters. The normalized spacial score (nSPS) is 11.2. The first-order valence-corrected chi connectivity index (χ1v) is 4.90. The molecule has 0 aliphatic carbocycles. The summed E-state index contributed by atoms with van der Waals surface area (Å²) >= 11 is 0. The molecule has 0 fully saturated rings. The Morgan fingerprint density at radius 3 is 2.43 bits per heavy atom. The van der Waals surface area contributed by atoms with Gasteiger partial charge in [-0.15, -0.1) is 0 Å². The van der Waals surface area contributed by atoms with Gasteiger partial charge >= 0.3 is 5.97 Å². The summed E-state index contributed by atoms with van der Waals surface area (Å²) in [5, 5.41) is 0. The van der Waals surface area contributed by atoms with Crippen LogP contribution in [0.4, 0.5) is 0 Å². The molecule has 0 spiro atoms. The fraction of sp³-hybridized carbons (Fsp3) is 0.700. The summed E-state index contributed by atoms with van der Waals surface area (Å²) in [6.45, 7) is 6.47. The van der Waals surface area contributed by atoms with Crippen LogP contribution in [0.1, 0.15) is 33.6 Å². The quantitative estimate of drug-likeness (QED) is 0.275. The van der Waals surface area contributed by atoms with Crippen LogP contribution in [0.25, 0.3) is 0 Å². The zero-order chi connectivity index (χ0) is 10.8. The van der Waals surface area contributed by atoms with E-state index in [0.29, 0.717) is 25.2 Å². The Hall–Kier alpha value is -1.03. The average Bonchev–Trinajstić information content (AvgIpc) is 2.20. The lowest BCUT2D eigenvalue weighted by Crippen LogP contribution is -2.09. The molecule has 0 aromatic heterocycles. The van der Waals surface area contributed by atoms with Crippen LogP contribution in [0.3, 0.4) is 0 Å². The smallest absolute Gasteiger partial charge is 0.372 e. The van der Waals surface area contributed by atoms with Crippen molar-refractivity contribution < 1.29 is 19.3 Å². The van der Waals surface area contributed by atoms with Crippen molar-refractivity contribution in [3.05, 3.63) is 11.8 Å². The van der Waals surface area contributed by atoms with Gasteiger partial charge in [0.2, 0.25) is 0 Å². The van der Waals surface area contributed by atoms with Gasteiger partial charge in [0.05, 0.1) is 25.0 Å². The zero-order valence-corrected chi connectivity index (χ0v) is 9.04. The minimum absolute atomic E-state index is 0.347. The molecule has 0 N–H and O–H groups in total. The van der Waals surface area contributed by atoms with E-state index in [2.05, 4.69) is 9.78 Å². The largest absolute Gasteiger partial charge is 0.501 e. The third kappa shape index (κ3) is 5.59. The lowest BCUT2D eigenvalue weighted by Gasteiger charge is -2.04. The van der Waals surface area contributed by atoms with Crippen molar-refractivity contribution in [2.24, 2.45) is 0 Å². The molecule has 0 amide bonds. The van der Waals surface area contributed by atoms with Crippen molar-refractivity contribution in [1.82, 2.24) is 0 Å². The monoisotopic (exact) mass is 202 g/mol. The molecule has 0 rings (SSSR count). The van der Waals surface area contributed by atoms with Crippen LogP contribution in [0.15, 0.2) is 11.8 Å². The lowest BCUT2D eigenvalue weighted by molar-refractivity contribution is -0.265. The van der Waals surface area contributed by atoms with E-state index < -0.39 is 5.97 Å². The van der Waals surface area contributed by atoms with Crippen LogP contribution in [-0.4, -0.2) is 19.2 Å². The van der Waals surface area contributed by atoms with Gasteiger partial charge in [0.25, 0.3) is 0 Å². The molecule has 0 atom stereocenters. The molecule has 0 heterocycles. The molecule has 0 saturated heterocycles. The fourth-order valence-electron chi connectivity index (χ4n) is 0.828. The maximum absolute atomic E-state index is 11.3. The highest BCUT2D eigenvalue weighted by atomic mass is 17.2. The number of carbonyl (C=O) groups is 1. The van der Waals surface area contributed by atoms with Gasteiger partial charge < -0.3 is 4.74 Å². The van der Waals surface area contributed by atoms with Crippen LogP contribution >= 0.6 is 0 Å². The van der Waals surface area contributed by atoms with Gasteiger partial charge in [-0.3, -0.25) is 4.89 Å². The Kier molecular flexibility index (Phi) is 7.93. The summed E-state index contributed by atoms with van der Waals surface area (Å²) in [7, 11) is 0. The third-order valence-electron chi connectivity index (χ3n) is 1.43. The standard InChI is InChI=1S/C10H18O4/c1-4-7-9(8-12-5-2)10(11)14-13-6-3/h8H,4-7H2,1-3H3. The summed E-state index contributed by atoms with van der Waals surface area (Å²) in [6, 6.07) is 0. The van der Waals surface area contributed by atoms with Gasteiger partial charge in [0.1, 0.15) is 0 Å². The molecule has 0 aliphatic rings. The van der Waals surface area contributed by atoms with E-state index in [9.17, 15) is 4.79 Å². The number of rotatable bonds is 7. The van der Waals surface area contributed by atoms with Crippen LogP contribution in [0.2, 0.25) is 0 Å². The first-order valence-electron chi connectivity index (χ1n) is 4.90. The summed E-state index contributed by atoms with van der Waals surface area (Å²) in [4.78, 5) is 20.4. The van der Waals surface area contributed by atoms with Crippen molar-refractivity contribution in [3.63, 3.8) is 0 Å². The maximum atomic E-state index is 11.3. The molecule has 0 saturated carbocycles. The van der Waals surface area contributed by atoms with Gasteiger partial charge in [-0.05, 0) is 20.3 Å². The Bertz CT molecular complexity index is 187. The van der Waals surface area contributed by atoms with Gasteiger partial charge in [0.15, 0.2) is 0 Å². The molecule has 82 valence electrons. The number of carbonyl (C=O) groups excluding carboxylic acids is 1. The minimum Gasteiger partial charge on any atom is -0.501 e. The Morgan fingerprint density at radius 2 is 1.93 bits per heavy atom. The maximum Gasteiger partial charge on any atom is 0.372 e. The molecular weight excluding hydrogens is 184 g/mol. The van der Waals surface area contributed by atoms with E-state index in [1.807, 2.05) is 13.8 Å². The first-order chi connectivity index (χ1) is 6.76. The number of ether oxygens (including phenoxy) is 1. The molecular formula is C10H18O4. The number of hydrogen-bond acceptors (Lipinski definition) is 4. The molecule has 14 heavy (non-hydrogen) atoms. The van der Waals surface area contributed by atoms with Crippen LogP contribution < -0.4 is 0 Å². The van der Waals surface area contributed by atoms with Crippen molar-refractivity contribution in [2.75, 3.05) is 13.2 Å². The van der Waals surface area contributed by atoms with Crippen molar-refractivity contribution in [1.29, 1.82) is 0 Å². The molecule has 0 bridgehead atoms. The van der Waals surface area contributed by atoms with Gasteiger partial charge in [-0.1, -0.05) is 13.3 Å². The van der Waals surface area contributed by atoms with Gasteiger partial charge in [0, 0.05) is 0 Å². The summed E-state index contributed by atoms with van der Waals surface area (Å²) in [6.07, 6.45) is 2.93. The van der Waals surface area contributed by atoms with E-state index >= 15 is 0 Å². The number of hydrogen-bond donors (Lipinski definition) is 0. The average molecular weight is 202 g/mol. The predicted molar refractivity (Wildman–Crippen MR) is 52.3 cm³/mol. The zero-order valence-electron chi connectivity index (χ0n) is 9.04. The van der Waals surface area contributed by atoms with Crippen LogP contribution in [0.5, 0.6) is 0 Å². The molecule has 0 aliphatic heterocycles. The second-order valence-electron chi connectivity index (χ2n) is 2.63. The summed E-state index contributed by atoms with van der Waals surface area (Å²) in [5.41, 5.74) is 0.503. The van der Waals surface area contributed by atoms with Gasteiger partial charge in [-0.2, -0.15) is 4.89 Å². The van der Waals surface area contributed by atoms with Crippen LogP contribution in [0, 0.1) is 0 Å². The SMILES string of the molecule is CCCC(=COCC)C(=O)OOCC. The van der Waals surface area contributed by atoms with Crippen LogP contribution in [-0.2, 0) is 19.3 Å². The van der Waals surface area contributed by atoms with Crippen molar-refractivity contribution in [2.45, 2.75) is 33.6 Å². The van der Waals surface area contributed by atoms with E-state index in [1.54, 1.807) is 6.92 Å². The minimum atomic E-state index is -0.470. The van der Waals surface area contributed by atoms with E-state index in [-0.39, 0.29) is 0 Å².